The van der Waals surface area contributed by atoms with Gasteiger partial charge in [0.1, 0.15) is 11.1 Å². The van der Waals surface area contributed by atoms with Crippen molar-refractivity contribution in [1.29, 1.82) is 0 Å². The lowest BCUT2D eigenvalue weighted by Gasteiger charge is -2.42. The van der Waals surface area contributed by atoms with Crippen LogP contribution in [0.1, 0.15) is 13.3 Å². The Labute approximate surface area is 213 Å². The third kappa shape index (κ3) is 4.10. The number of fused-ring (bicyclic) bond motifs is 1. The smallest absolute Gasteiger partial charge is 0.339 e. The van der Waals surface area contributed by atoms with E-state index >= 15 is 0 Å². The maximum atomic E-state index is 13.4. The zero-order chi connectivity index (χ0) is 25.8. The van der Waals surface area contributed by atoms with Gasteiger partial charge in [-0.05, 0) is 31.2 Å². The van der Waals surface area contributed by atoms with Crippen molar-refractivity contribution in [2.24, 2.45) is 0 Å². The molecule has 2 unspecified atom stereocenters. The first-order chi connectivity index (χ1) is 17.1. The predicted molar refractivity (Wildman–Crippen MR) is 132 cm³/mol. The summed E-state index contributed by atoms with van der Waals surface area (Å²) in [6, 6.07) is 5.15. The average molecular weight is 538 g/mol. The van der Waals surface area contributed by atoms with Crippen LogP contribution in [-0.2, 0) is 19.6 Å². The molecule has 0 bridgehead atoms. The zero-order valence-electron chi connectivity index (χ0n) is 20.1. The van der Waals surface area contributed by atoms with E-state index in [2.05, 4.69) is 15.7 Å². The molecule has 1 aromatic carbocycles. The van der Waals surface area contributed by atoms with Gasteiger partial charge in [-0.2, -0.15) is 4.31 Å². The summed E-state index contributed by atoms with van der Waals surface area (Å²) < 4.78 is 33.9. The van der Waals surface area contributed by atoms with Gasteiger partial charge in [-0.1, -0.05) is 11.6 Å². The minimum atomic E-state index is -3.95. The first kappa shape index (κ1) is 24.5. The molecule has 12 nitrogen and oxygen atoms in total. The van der Waals surface area contributed by atoms with E-state index in [0.29, 0.717) is 34.8 Å². The Kier molecular flexibility index (Phi) is 6.17. The lowest BCUT2D eigenvalue weighted by Crippen LogP contribution is -2.64. The highest BCUT2D eigenvalue weighted by Crippen LogP contribution is 2.30. The van der Waals surface area contributed by atoms with Crippen LogP contribution in [0.2, 0.25) is 5.02 Å². The number of nitrogens with one attached hydrogen (secondary N) is 3. The number of carbonyl (C=O) groups is 2. The third-order valence-corrected chi connectivity index (χ3v) is 8.90. The van der Waals surface area contributed by atoms with Crippen molar-refractivity contribution < 1.29 is 22.7 Å². The predicted octanol–water partition coefficient (Wildman–Crippen LogP) is 1.05. The van der Waals surface area contributed by atoms with Crippen LogP contribution < -0.4 is 10.7 Å². The van der Waals surface area contributed by atoms with E-state index in [0.717, 1.165) is 5.70 Å². The van der Waals surface area contributed by atoms with Crippen molar-refractivity contribution in [3.05, 3.63) is 40.9 Å². The average Bonchev–Trinajstić information content (AvgIpc) is 3.42. The fraction of sp³-hybridized carbons (Fsp3) is 0.455. The summed E-state index contributed by atoms with van der Waals surface area (Å²) in [6.07, 6.45) is 0.448. The Balaban J connectivity index is 1.36. The second-order valence-electron chi connectivity index (χ2n) is 8.95. The number of rotatable bonds is 3. The topological polar surface area (TPSA) is 130 Å². The Morgan fingerprint density at radius 3 is 2.72 bits per heavy atom. The number of hydrazine groups is 1. The quantitative estimate of drug-likeness (QED) is 0.533. The van der Waals surface area contributed by atoms with Gasteiger partial charge in [0.2, 0.25) is 11.8 Å². The minimum Gasteiger partial charge on any atom is -0.453 e. The fourth-order valence-corrected chi connectivity index (χ4v) is 6.36. The molecule has 194 valence electrons. The van der Waals surface area contributed by atoms with E-state index in [4.69, 9.17) is 16.3 Å². The van der Waals surface area contributed by atoms with E-state index in [1.54, 1.807) is 18.2 Å². The number of aromatic nitrogens is 1. The van der Waals surface area contributed by atoms with Crippen LogP contribution in [0.3, 0.4) is 0 Å². The number of likely N-dealkylation sites (N-methyl/N-ethyl adjacent to an activating group) is 1. The molecule has 0 radical (unpaired) electrons. The maximum Gasteiger partial charge on any atom is 0.339 e. The normalized spacial score (nSPS) is 22.9. The number of aromatic amines is 1. The van der Waals surface area contributed by atoms with Crippen LogP contribution >= 0.6 is 11.6 Å². The molecule has 4 heterocycles. The third-order valence-electron chi connectivity index (χ3n) is 6.88. The highest BCUT2D eigenvalue weighted by molar-refractivity contribution is 7.89. The van der Waals surface area contributed by atoms with Crippen LogP contribution in [0.4, 0.5) is 4.79 Å². The molecule has 1 saturated heterocycles. The maximum absolute atomic E-state index is 13.4. The largest absolute Gasteiger partial charge is 0.453 e. The number of ether oxygens (including phenoxy) is 1. The number of nitrogens with zero attached hydrogens (tertiary/aromatic N) is 4. The first-order valence-electron chi connectivity index (χ1n) is 11.6. The molecule has 3 N–H and O–H groups in total. The SMILES string of the molecule is CNC(=O)C1CN(S(=O)(=O)c2cc3cc(Cl)ccc3[nH]2)CCN1C(=O)N1CCC2=C(N1)OC(C)N2C. The monoisotopic (exact) mass is 537 g/mol. The molecule has 0 saturated carbocycles. The van der Waals surface area contributed by atoms with Gasteiger partial charge in [0.15, 0.2) is 6.23 Å². The molecule has 0 aliphatic carbocycles. The Morgan fingerprint density at radius 2 is 1.97 bits per heavy atom. The van der Waals surface area contributed by atoms with E-state index in [1.807, 2.05) is 18.9 Å². The molecule has 0 spiro atoms. The number of amides is 3. The Morgan fingerprint density at radius 1 is 1.19 bits per heavy atom. The standard InChI is InChI=1S/C22H28ClN7O5S/c1-13-27(3)17-6-7-30(26-21(17)35-13)22(32)29-9-8-28(12-18(29)20(31)24-2)36(33,34)19-11-14-10-15(23)4-5-16(14)25-19/h4-5,10-11,13,18,25-26H,6-9,12H2,1-3H3,(H,24,31). The van der Waals surface area contributed by atoms with Gasteiger partial charge < -0.3 is 24.8 Å². The van der Waals surface area contributed by atoms with Crippen LogP contribution in [0, 0.1) is 0 Å². The number of H-pyrrole nitrogens is 1. The van der Waals surface area contributed by atoms with Crippen molar-refractivity contribution in [2.75, 3.05) is 40.3 Å². The van der Waals surface area contributed by atoms with Gasteiger partial charge >= 0.3 is 6.03 Å². The number of piperazine rings is 1. The van der Waals surface area contributed by atoms with Gasteiger partial charge in [0.25, 0.3) is 10.0 Å². The van der Waals surface area contributed by atoms with Crippen LogP contribution in [0.25, 0.3) is 10.9 Å². The molecular weight excluding hydrogens is 510 g/mol. The van der Waals surface area contributed by atoms with E-state index in [9.17, 15) is 18.0 Å². The molecule has 5 rings (SSSR count). The van der Waals surface area contributed by atoms with Gasteiger partial charge in [0.05, 0.1) is 5.70 Å². The number of carbonyl (C=O) groups excluding carboxylic acids is 2. The van der Waals surface area contributed by atoms with Gasteiger partial charge in [-0.25, -0.2) is 18.2 Å². The van der Waals surface area contributed by atoms with Crippen LogP contribution in [-0.4, -0.2) is 97.0 Å². The fourth-order valence-electron chi connectivity index (χ4n) is 4.72. The number of sulfonamides is 1. The molecule has 14 heteroatoms. The molecule has 3 aliphatic heterocycles. The van der Waals surface area contributed by atoms with E-state index in [1.165, 1.54) is 27.3 Å². The second-order valence-corrected chi connectivity index (χ2v) is 11.3. The Bertz CT molecular complexity index is 1360. The summed E-state index contributed by atoms with van der Waals surface area (Å²) in [5.41, 5.74) is 4.63. The second kappa shape index (κ2) is 9.05. The van der Waals surface area contributed by atoms with Crippen molar-refractivity contribution in [1.82, 2.24) is 34.8 Å². The molecule has 2 atom stereocenters. The molecule has 36 heavy (non-hydrogen) atoms. The highest BCUT2D eigenvalue weighted by atomic mass is 35.5. The van der Waals surface area contributed by atoms with Gasteiger partial charge in [-0.15, -0.1) is 0 Å². The molecule has 3 aliphatic rings. The molecule has 1 fully saturated rings. The summed E-state index contributed by atoms with van der Waals surface area (Å²) >= 11 is 6.04. The number of halogens is 1. The van der Waals surface area contributed by atoms with Crippen molar-refractivity contribution in [2.45, 2.75) is 30.6 Å². The molecule has 2 aromatic rings. The summed E-state index contributed by atoms with van der Waals surface area (Å²) in [5, 5.41) is 5.13. The minimum absolute atomic E-state index is 0.00369. The van der Waals surface area contributed by atoms with Crippen molar-refractivity contribution in [3.8, 4) is 0 Å². The summed E-state index contributed by atoms with van der Waals surface area (Å²) in [4.78, 5) is 32.6. The first-order valence-corrected chi connectivity index (χ1v) is 13.4. The Hall–Kier alpha value is -3.16. The lowest BCUT2D eigenvalue weighted by molar-refractivity contribution is -0.126. The van der Waals surface area contributed by atoms with Gasteiger partial charge in [-0.3, -0.25) is 10.2 Å². The lowest BCUT2D eigenvalue weighted by atomic mass is 10.2. The van der Waals surface area contributed by atoms with Gasteiger partial charge in [0, 0.05) is 62.6 Å². The summed E-state index contributed by atoms with van der Waals surface area (Å²) in [6.45, 7) is 2.20. The number of hydrogen-bond donors (Lipinski definition) is 3. The summed E-state index contributed by atoms with van der Waals surface area (Å²) in [7, 11) is -0.571. The molecular formula is C22H28ClN7O5S. The van der Waals surface area contributed by atoms with E-state index in [-0.39, 0.29) is 30.9 Å². The van der Waals surface area contributed by atoms with E-state index < -0.39 is 28.0 Å². The number of benzene rings is 1. The number of hydrogen-bond acceptors (Lipinski definition) is 7. The molecule has 1 aromatic heterocycles. The highest BCUT2D eigenvalue weighted by Gasteiger charge is 2.43. The van der Waals surface area contributed by atoms with Crippen molar-refractivity contribution >= 4 is 44.5 Å². The zero-order valence-corrected chi connectivity index (χ0v) is 21.7. The number of urea groups is 1. The van der Waals surface area contributed by atoms with Crippen LogP contribution in [0.5, 0.6) is 0 Å². The summed E-state index contributed by atoms with van der Waals surface area (Å²) in [5.74, 6) is 0.0651. The molecule has 3 amide bonds. The van der Waals surface area contributed by atoms with Crippen LogP contribution in [0.15, 0.2) is 40.9 Å². The van der Waals surface area contributed by atoms with Crippen molar-refractivity contribution in [3.63, 3.8) is 0 Å².